The number of fused-ring (bicyclic) bond motifs is 1. The van der Waals surface area contributed by atoms with E-state index in [2.05, 4.69) is 35.8 Å². The van der Waals surface area contributed by atoms with Crippen molar-refractivity contribution in [3.05, 3.63) is 23.8 Å². The van der Waals surface area contributed by atoms with Crippen molar-refractivity contribution in [3.8, 4) is 5.75 Å². The van der Waals surface area contributed by atoms with Gasteiger partial charge in [0.2, 0.25) is 0 Å². The van der Waals surface area contributed by atoms with Gasteiger partial charge in [-0.25, -0.2) is 0 Å². The molecule has 15 heavy (non-hydrogen) atoms. The van der Waals surface area contributed by atoms with Crippen molar-refractivity contribution in [1.82, 2.24) is 5.32 Å². The fraction of sp³-hybridized carbons (Fsp3) is 0.500. The fourth-order valence-electron chi connectivity index (χ4n) is 1.79. The zero-order chi connectivity index (χ0) is 10.7. The van der Waals surface area contributed by atoms with Crippen molar-refractivity contribution in [2.45, 2.75) is 19.4 Å². The first-order valence-electron chi connectivity index (χ1n) is 5.44. The Morgan fingerprint density at radius 2 is 2.40 bits per heavy atom. The van der Waals surface area contributed by atoms with Gasteiger partial charge in [0.25, 0.3) is 0 Å². The topological polar surface area (TPSA) is 33.3 Å². The summed E-state index contributed by atoms with van der Waals surface area (Å²) in [5.74, 6) is 0.982. The summed E-state index contributed by atoms with van der Waals surface area (Å²) >= 11 is 0. The summed E-state index contributed by atoms with van der Waals surface area (Å²) < 4.78 is 5.72. The summed E-state index contributed by atoms with van der Waals surface area (Å²) in [5.41, 5.74) is 2.36. The molecule has 1 aromatic rings. The minimum atomic E-state index is 0.424. The third-order valence-corrected chi connectivity index (χ3v) is 2.68. The lowest BCUT2D eigenvalue weighted by Crippen LogP contribution is -2.33. The van der Waals surface area contributed by atoms with Gasteiger partial charge in [0.05, 0.1) is 11.7 Å². The van der Waals surface area contributed by atoms with Crippen LogP contribution in [0.15, 0.2) is 18.2 Å². The number of hydrogen-bond acceptors (Lipinski definition) is 3. The minimum absolute atomic E-state index is 0.424. The highest BCUT2D eigenvalue weighted by molar-refractivity contribution is 5.59. The zero-order valence-corrected chi connectivity index (χ0v) is 9.34. The minimum Gasteiger partial charge on any atom is -0.489 e. The molecule has 3 nitrogen and oxygen atoms in total. The Labute approximate surface area is 90.8 Å². The van der Waals surface area contributed by atoms with Crippen LogP contribution in [0, 0.1) is 6.92 Å². The maximum Gasteiger partial charge on any atom is 0.142 e. The van der Waals surface area contributed by atoms with E-state index in [1.807, 2.05) is 7.05 Å². The van der Waals surface area contributed by atoms with Crippen LogP contribution in [-0.2, 0) is 0 Å². The molecule has 0 aliphatic carbocycles. The van der Waals surface area contributed by atoms with Crippen LogP contribution in [0.25, 0.3) is 0 Å². The van der Waals surface area contributed by atoms with Crippen LogP contribution in [0.3, 0.4) is 0 Å². The number of benzene rings is 1. The van der Waals surface area contributed by atoms with Crippen molar-refractivity contribution in [3.63, 3.8) is 0 Å². The molecule has 2 N–H and O–H groups in total. The molecule has 2 rings (SSSR count). The van der Waals surface area contributed by atoms with Crippen molar-refractivity contribution in [1.29, 1.82) is 0 Å². The maximum absolute atomic E-state index is 5.72. The van der Waals surface area contributed by atoms with Crippen LogP contribution in [-0.4, -0.2) is 26.2 Å². The van der Waals surface area contributed by atoms with Crippen LogP contribution in [0.4, 0.5) is 5.69 Å². The second-order valence-electron chi connectivity index (χ2n) is 4.04. The molecule has 0 fully saturated rings. The SMILES string of the molecule is CNCCC1COc2cc(C)ccc2N1. The normalized spacial score (nSPS) is 18.9. The molecule has 1 heterocycles. The molecule has 0 saturated carbocycles. The van der Waals surface area contributed by atoms with Gasteiger partial charge in [-0.1, -0.05) is 6.07 Å². The third kappa shape index (κ3) is 2.42. The predicted molar refractivity (Wildman–Crippen MR) is 62.6 cm³/mol. The molecule has 3 heteroatoms. The van der Waals surface area contributed by atoms with Crippen LogP contribution < -0.4 is 15.4 Å². The molecule has 0 amide bonds. The van der Waals surface area contributed by atoms with E-state index in [4.69, 9.17) is 4.74 Å². The van der Waals surface area contributed by atoms with E-state index in [9.17, 15) is 0 Å². The first-order valence-corrected chi connectivity index (χ1v) is 5.44. The molecule has 1 unspecified atom stereocenters. The Balaban J connectivity index is 2.03. The summed E-state index contributed by atoms with van der Waals surface area (Å²) in [4.78, 5) is 0. The third-order valence-electron chi connectivity index (χ3n) is 2.68. The monoisotopic (exact) mass is 206 g/mol. The van der Waals surface area contributed by atoms with Gasteiger partial charge in [-0.3, -0.25) is 0 Å². The molecule has 1 atom stereocenters. The van der Waals surface area contributed by atoms with E-state index < -0.39 is 0 Å². The number of ether oxygens (including phenoxy) is 1. The number of anilines is 1. The average Bonchev–Trinajstić information content (AvgIpc) is 2.26. The van der Waals surface area contributed by atoms with Crippen molar-refractivity contribution in [2.75, 3.05) is 25.5 Å². The number of aryl methyl sites for hydroxylation is 1. The molecular weight excluding hydrogens is 188 g/mol. The Bertz CT molecular complexity index is 338. The first-order chi connectivity index (χ1) is 7.29. The van der Waals surface area contributed by atoms with Crippen molar-refractivity contribution in [2.24, 2.45) is 0 Å². The lowest BCUT2D eigenvalue weighted by molar-refractivity contribution is 0.278. The van der Waals surface area contributed by atoms with Gasteiger partial charge in [-0.05, 0) is 44.6 Å². The molecular formula is C12H18N2O. The Morgan fingerprint density at radius 3 is 3.20 bits per heavy atom. The summed E-state index contributed by atoms with van der Waals surface area (Å²) in [6.45, 7) is 3.86. The van der Waals surface area contributed by atoms with Crippen LogP contribution in [0.1, 0.15) is 12.0 Å². The van der Waals surface area contributed by atoms with Gasteiger partial charge >= 0.3 is 0 Å². The number of nitrogens with one attached hydrogen (secondary N) is 2. The number of hydrogen-bond donors (Lipinski definition) is 2. The van der Waals surface area contributed by atoms with E-state index in [1.54, 1.807) is 0 Å². The molecule has 0 radical (unpaired) electrons. The summed E-state index contributed by atoms with van der Waals surface area (Å²) in [5, 5.41) is 6.65. The molecule has 0 saturated heterocycles. The van der Waals surface area contributed by atoms with E-state index in [0.29, 0.717) is 6.04 Å². The van der Waals surface area contributed by atoms with Gasteiger partial charge in [0.1, 0.15) is 12.4 Å². The van der Waals surface area contributed by atoms with E-state index in [-0.39, 0.29) is 0 Å². The molecule has 0 bridgehead atoms. The Kier molecular flexibility index (Phi) is 3.11. The maximum atomic E-state index is 5.72. The van der Waals surface area contributed by atoms with Gasteiger partial charge in [-0.2, -0.15) is 0 Å². The van der Waals surface area contributed by atoms with E-state index in [0.717, 1.165) is 31.0 Å². The predicted octanol–water partition coefficient (Wildman–Crippen LogP) is 1.78. The average molecular weight is 206 g/mol. The molecule has 1 aliphatic rings. The summed E-state index contributed by atoms with van der Waals surface area (Å²) in [6.07, 6.45) is 1.09. The highest BCUT2D eigenvalue weighted by Gasteiger charge is 2.17. The zero-order valence-electron chi connectivity index (χ0n) is 9.34. The summed E-state index contributed by atoms with van der Waals surface area (Å²) in [6, 6.07) is 6.70. The Morgan fingerprint density at radius 1 is 1.53 bits per heavy atom. The second-order valence-corrected chi connectivity index (χ2v) is 4.04. The highest BCUT2D eigenvalue weighted by atomic mass is 16.5. The molecule has 1 aromatic carbocycles. The largest absolute Gasteiger partial charge is 0.489 e. The fourth-order valence-corrected chi connectivity index (χ4v) is 1.79. The lowest BCUT2D eigenvalue weighted by atomic mass is 10.1. The Hall–Kier alpha value is -1.22. The quantitative estimate of drug-likeness (QED) is 0.791. The molecule has 0 aromatic heterocycles. The lowest BCUT2D eigenvalue weighted by Gasteiger charge is -2.27. The van der Waals surface area contributed by atoms with Gasteiger partial charge < -0.3 is 15.4 Å². The van der Waals surface area contributed by atoms with Crippen LogP contribution in [0.2, 0.25) is 0 Å². The van der Waals surface area contributed by atoms with Crippen LogP contribution in [0.5, 0.6) is 5.75 Å². The van der Waals surface area contributed by atoms with E-state index >= 15 is 0 Å². The molecule has 82 valence electrons. The van der Waals surface area contributed by atoms with Crippen molar-refractivity contribution >= 4 is 5.69 Å². The standard InChI is InChI=1S/C12H18N2O/c1-9-3-4-11-12(7-9)15-8-10(14-11)5-6-13-2/h3-4,7,10,13-14H,5-6,8H2,1-2H3. The second kappa shape index (κ2) is 4.53. The molecule has 0 spiro atoms. The molecule has 1 aliphatic heterocycles. The van der Waals surface area contributed by atoms with Crippen molar-refractivity contribution < 1.29 is 4.74 Å². The van der Waals surface area contributed by atoms with E-state index in [1.165, 1.54) is 5.56 Å². The highest BCUT2D eigenvalue weighted by Crippen LogP contribution is 2.30. The number of rotatable bonds is 3. The first kappa shape index (κ1) is 10.3. The van der Waals surface area contributed by atoms with Gasteiger partial charge in [-0.15, -0.1) is 0 Å². The van der Waals surface area contributed by atoms with Crippen LogP contribution >= 0.6 is 0 Å². The van der Waals surface area contributed by atoms with Gasteiger partial charge in [0.15, 0.2) is 0 Å². The summed E-state index contributed by atoms with van der Waals surface area (Å²) in [7, 11) is 1.97. The van der Waals surface area contributed by atoms with Gasteiger partial charge in [0, 0.05) is 0 Å². The smallest absolute Gasteiger partial charge is 0.142 e.